The molecular weight excluding hydrogens is 297 g/mol. The summed E-state index contributed by atoms with van der Waals surface area (Å²) in [5.74, 6) is -1.46. The van der Waals surface area contributed by atoms with Crippen molar-refractivity contribution in [2.45, 2.75) is 17.9 Å². The minimum absolute atomic E-state index is 0.123. The molecule has 5 nitrogen and oxygen atoms in total. The molecule has 0 fully saturated rings. The first-order valence-electron chi connectivity index (χ1n) is 5.29. The van der Waals surface area contributed by atoms with Gasteiger partial charge in [-0.05, 0) is 25.1 Å². The van der Waals surface area contributed by atoms with Gasteiger partial charge in [0.25, 0.3) is 15.0 Å². The van der Waals surface area contributed by atoms with Gasteiger partial charge in [0, 0.05) is 29.4 Å². The summed E-state index contributed by atoms with van der Waals surface area (Å²) in [6.07, 6.45) is 0. The summed E-state index contributed by atoms with van der Waals surface area (Å²) in [5, 5.41) is 2.53. The van der Waals surface area contributed by atoms with Gasteiger partial charge in [0.2, 0.25) is 0 Å². The van der Waals surface area contributed by atoms with Crippen molar-refractivity contribution in [3.63, 3.8) is 0 Å². The third-order valence-electron chi connectivity index (χ3n) is 2.21. The van der Waals surface area contributed by atoms with Gasteiger partial charge < -0.3 is 10.1 Å². The molecule has 0 heterocycles. The van der Waals surface area contributed by atoms with Gasteiger partial charge in [-0.3, -0.25) is 4.79 Å². The second-order valence-electron chi connectivity index (χ2n) is 3.94. The van der Waals surface area contributed by atoms with Crippen molar-refractivity contribution < 1.29 is 22.3 Å². The molecule has 0 aliphatic rings. The molecule has 0 saturated carbocycles. The number of ether oxygens (including phenoxy) is 1. The Balaban J connectivity index is 3.01. The second kappa shape index (κ2) is 6.31. The predicted molar refractivity (Wildman–Crippen MR) is 68.2 cm³/mol. The summed E-state index contributed by atoms with van der Waals surface area (Å²) in [6, 6.07) is 2.40. The normalized spacial score (nSPS) is 13.1. The summed E-state index contributed by atoms with van der Waals surface area (Å²) in [7, 11) is 2.50. The van der Waals surface area contributed by atoms with Crippen LogP contribution < -0.4 is 5.32 Å². The van der Waals surface area contributed by atoms with E-state index in [4.69, 9.17) is 15.4 Å². The maximum absolute atomic E-state index is 13.3. The zero-order valence-corrected chi connectivity index (χ0v) is 11.9. The van der Waals surface area contributed by atoms with E-state index in [1.807, 2.05) is 0 Å². The van der Waals surface area contributed by atoms with Crippen LogP contribution >= 0.6 is 10.7 Å². The number of benzene rings is 1. The standard InChI is InChI=1S/C11H13ClFNO4S/c1-7(6-18-2)14-11(15)8-3-9(13)5-10(4-8)19(12,16)17/h3-5,7H,6H2,1-2H3,(H,14,15). The van der Waals surface area contributed by atoms with Gasteiger partial charge in [0.1, 0.15) is 5.82 Å². The lowest BCUT2D eigenvalue weighted by Crippen LogP contribution is -2.35. The van der Waals surface area contributed by atoms with Crippen LogP contribution in [0.1, 0.15) is 17.3 Å². The van der Waals surface area contributed by atoms with Crippen molar-refractivity contribution in [2.24, 2.45) is 0 Å². The Kier molecular flexibility index (Phi) is 5.28. The number of amides is 1. The molecule has 19 heavy (non-hydrogen) atoms. The van der Waals surface area contributed by atoms with Crippen LogP contribution in [0, 0.1) is 5.82 Å². The third-order valence-corrected chi connectivity index (χ3v) is 3.54. The first-order chi connectivity index (χ1) is 8.74. The van der Waals surface area contributed by atoms with E-state index < -0.39 is 25.7 Å². The molecule has 1 unspecified atom stereocenters. The Morgan fingerprint density at radius 1 is 1.47 bits per heavy atom. The van der Waals surface area contributed by atoms with Crippen LogP contribution in [-0.2, 0) is 13.8 Å². The summed E-state index contributed by atoms with van der Waals surface area (Å²) in [4.78, 5) is 11.3. The van der Waals surface area contributed by atoms with Gasteiger partial charge in [-0.1, -0.05) is 0 Å². The Labute approximate surface area is 115 Å². The molecule has 0 radical (unpaired) electrons. The maximum Gasteiger partial charge on any atom is 0.261 e. The van der Waals surface area contributed by atoms with E-state index in [2.05, 4.69) is 5.32 Å². The smallest absolute Gasteiger partial charge is 0.261 e. The highest BCUT2D eigenvalue weighted by molar-refractivity contribution is 8.13. The van der Waals surface area contributed by atoms with Crippen molar-refractivity contribution >= 4 is 25.6 Å². The molecule has 0 saturated heterocycles. The Hall–Kier alpha value is -1.18. The van der Waals surface area contributed by atoms with Crippen molar-refractivity contribution in [1.29, 1.82) is 0 Å². The summed E-state index contributed by atoms with van der Waals surface area (Å²) in [6.45, 7) is 1.97. The molecule has 0 aromatic heterocycles. The zero-order chi connectivity index (χ0) is 14.6. The van der Waals surface area contributed by atoms with Crippen LogP contribution in [0.3, 0.4) is 0 Å². The molecule has 1 rings (SSSR count). The summed E-state index contributed by atoms with van der Waals surface area (Å²) in [5.41, 5.74) is -0.123. The second-order valence-corrected chi connectivity index (χ2v) is 6.51. The lowest BCUT2D eigenvalue weighted by Gasteiger charge is -2.13. The van der Waals surface area contributed by atoms with Crippen LogP contribution in [0.5, 0.6) is 0 Å². The van der Waals surface area contributed by atoms with Crippen molar-refractivity contribution in [3.8, 4) is 0 Å². The molecular formula is C11H13ClFNO4S. The van der Waals surface area contributed by atoms with Crippen LogP contribution in [0.2, 0.25) is 0 Å². The minimum Gasteiger partial charge on any atom is -0.383 e. The average Bonchev–Trinajstić information content (AvgIpc) is 2.27. The van der Waals surface area contributed by atoms with E-state index in [1.54, 1.807) is 6.92 Å². The van der Waals surface area contributed by atoms with E-state index in [-0.39, 0.29) is 18.2 Å². The molecule has 0 spiro atoms. The number of hydrogen-bond acceptors (Lipinski definition) is 4. The van der Waals surface area contributed by atoms with Gasteiger partial charge in [0.15, 0.2) is 0 Å². The molecule has 1 N–H and O–H groups in total. The molecule has 1 aromatic rings. The fourth-order valence-electron chi connectivity index (χ4n) is 1.43. The summed E-state index contributed by atoms with van der Waals surface area (Å²) < 4.78 is 40.4. The molecule has 0 bridgehead atoms. The number of carbonyl (C=O) groups is 1. The van der Waals surface area contributed by atoms with Gasteiger partial charge >= 0.3 is 0 Å². The Morgan fingerprint density at radius 2 is 2.11 bits per heavy atom. The molecule has 106 valence electrons. The fourth-order valence-corrected chi connectivity index (χ4v) is 2.22. The lowest BCUT2D eigenvalue weighted by molar-refractivity contribution is 0.0905. The highest BCUT2D eigenvalue weighted by Crippen LogP contribution is 2.18. The van der Waals surface area contributed by atoms with Crippen molar-refractivity contribution in [2.75, 3.05) is 13.7 Å². The van der Waals surface area contributed by atoms with E-state index in [0.29, 0.717) is 0 Å². The van der Waals surface area contributed by atoms with E-state index in [0.717, 1.165) is 18.2 Å². The van der Waals surface area contributed by atoms with Crippen LogP contribution in [0.15, 0.2) is 23.1 Å². The number of rotatable bonds is 5. The molecule has 0 aliphatic heterocycles. The first-order valence-corrected chi connectivity index (χ1v) is 7.60. The van der Waals surface area contributed by atoms with Crippen LogP contribution in [0.25, 0.3) is 0 Å². The average molecular weight is 310 g/mol. The van der Waals surface area contributed by atoms with E-state index in [1.165, 1.54) is 7.11 Å². The SMILES string of the molecule is COCC(C)NC(=O)c1cc(F)cc(S(=O)(=O)Cl)c1. The highest BCUT2D eigenvalue weighted by atomic mass is 35.7. The monoisotopic (exact) mass is 309 g/mol. The molecule has 1 atom stereocenters. The maximum atomic E-state index is 13.3. The van der Waals surface area contributed by atoms with E-state index >= 15 is 0 Å². The Bertz CT molecular complexity index is 576. The van der Waals surface area contributed by atoms with Crippen LogP contribution in [0.4, 0.5) is 4.39 Å². The van der Waals surface area contributed by atoms with Gasteiger partial charge in [-0.25, -0.2) is 12.8 Å². The lowest BCUT2D eigenvalue weighted by atomic mass is 10.2. The van der Waals surface area contributed by atoms with Gasteiger partial charge in [-0.2, -0.15) is 0 Å². The molecule has 1 amide bonds. The quantitative estimate of drug-likeness (QED) is 0.837. The number of halogens is 2. The molecule has 8 heteroatoms. The minimum atomic E-state index is -4.09. The van der Waals surface area contributed by atoms with Crippen molar-refractivity contribution in [1.82, 2.24) is 5.32 Å². The number of nitrogens with one attached hydrogen (secondary N) is 1. The Morgan fingerprint density at radius 3 is 2.63 bits per heavy atom. The molecule has 1 aromatic carbocycles. The highest BCUT2D eigenvalue weighted by Gasteiger charge is 2.17. The molecule has 0 aliphatic carbocycles. The van der Waals surface area contributed by atoms with Gasteiger partial charge in [0.05, 0.1) is 11.5 Å². The number of methoxy groups -OCH3 is 1. The van der Waals surface area contributed by atoms with Gasteiger partial charge in [-0.15, -0.1) is 0 Å². The number of carbonyl (C=O) groups excluding carboxylic acids is 1. The predicted octanol–water partition coefficient (Wildman–Crippen LogP) is 1.52. The van der Waals surface area contributed by atoms with E-state index in [9.17, 15) is 17.6 Å². The van der Waals surface area contributed by atoms with Crippen LogP contribution in [-0.4, -0.2) is 34.1 Å². The largest absolute Gasteiger partial charge is 0.383 e. The number of hydrogen-bond donors (Lipinski definition) is 1. The first kappa shape index (κ1) is 15.9. The van der Waals surface area contributed by atoms with Crippen molar-refractivity contribution in [3.05, 3.63) is 29.6 Å². The topological polar surface area (TPSA) is 72.5 Å². The summed E-state index contributed by atoms with van der Waals surface area (Å²) >= 11 is 0. The third kappa shape index (κ3) is 4.77. The fraction of sp³-hybridized carbons (Fsp3) is 0.364. The zero-order valence-electron chi connectivity index (χ0n) is 10.3.